The van der Waals surface area contributed by atoms with Gasteiger partial charge in [0.2, 0.25) is 23.6 Å². The zero-order chi connectivity index (χ0) is 28.2. The van der Waals surface area contributed by atoms with E-state index in [0.717, 1.165) is 0 Å². The quantitative estimate of drug-likeness (QED) is 0.106. The van der Waals surface area contributed by atoms with E-state index < -0.39 is 66.6 Å². The molecule has 0 spiro atoms. The van der Waals surface area contributed by atoms with Gasteiger partial charge in [0, 0.05) is 18.7 Å². The summed E-state index contributed by atoms with van der Waals surface area (Å²) in [4.78, 5) is 78.3. The third-order valence-corrected chi connectivity index (χ3v) is 5.43. The fourth-order valence-electron chi connectivity index (χ4n) is 3.47. The number of benzene rings is 1. The summed E-state index contributed by atoms with van der Waals surface area (Å²) in [5, 5.41) is 21.4. The third-order valence-electron chi connectivity index (χ3n) is 5.43. The smallest absolute Gasteiger partial charge is 0.305 e. The Hall–Kier alpha value is -4.69. The number of carbonyl (C=O) groups excluding carboxylic acids is 5. The molecule has 10 N–H and O–H groups in total. The van der Waals surface area contributed by atoms with Crippen LogP contribution in [0.25, 0.3) is 0 Å². The van der Waals surface area contributed by atoms with Crippen molar-refractivity contribution in [1.29, 1.82) is 0 Å². The predicted molar refractivity (Wildman–Crippen MR) is 134 cm³/mol. The van der Waals surface area contributed by atoms with Crippen LogP contribution in [0.5, 0.6) is 0 Å². The summed E-state index contributed by atoms with van der Waals surface area (Å²) in [6.07, 6.45) is -0.297. The summed E-state index contributed by atoms with van der Waals surface area (Å²) < 4.78 is 0. The fourth-order valence-corrected chi connectivity index (χ4v) is 3.47. The Morgan fingerprint density at radius 3 is 2.34 bits per heavy atom. The second-order valence-electron chi connectivity index (χ2n) is 8.56. The number of aliphatic imine (C=N–C) groups is 1. The summed E-state index contributed by atoms with van der Waals surface area (Å²) in [7, 11) is 0. The lowest BCUT2D eigenvalue weighted by molar-refractivity contribution is -0.140. The fraction of sp³-hybridized carbons (Fsp3) is 0.435. The number of nitrogens with zero attached hydrogens (tertiary/aromatic N) is 1. The van der Waals surface area contributed by atoms with Gasteiger partial charge in [-0.05, 0) is 37.5 Å². The lowest BCUT2D eigenvalue weighted by atomic mass is 10.1. The minimum Gasteiger partial charge on any atom is -0.481 e. The first-order valence-corrected chi connectivity index (χ1v) is 11.8. The minimum atomic E-state index is -1.42. The average molecular weight is 533 g/mol. The molecule has 15 heteroatoms. The number of hydrogen-bond donors (Lipinski definition) is 8. The summed E-state index contributed by atoms with van der Waals surface area (Å²) in [5.74, 6) is -4.96. The number of amides is 5. The lowest BCUT2D eigenvalue weighted by Gasteiger charge is -2.22. The Balaban J connectivity index is 2.30. The first kappa shape index (κ1) is 29.5. The number of hydrogen-bond acceptors (Lipinski definition) is 7. The number of guanidine groups is 1. The van der Waals surface area contributed by atoms with E-state index >= 15 is 0 Å². The molecule has 15 nitrogen and oxygen atoms in total. The Morgan fingerprint density at radius 1 is 0.974 bits per heavy atom. The highest BCUT2D eigenvalue weighted by Crippen LogP contribution is 2.07. The summed E-state index contributed by atoms with van der Waals surface area (Å²) in [6, 6.07) is 2.68. The maximum absolute atomic E-state index is 12.8. The predicted octanol–water partition coefficient (Wildman–Crippen LogP) is -2.95. The van der Waals surface area contributed by atoms with Gasteiger partial charge in [-0.15, -0.1) is 0 Å². The number of nitrogens with one attached hydrogen (secondary N) is 5. The number of rotatable bonds is 6. The van der Waals surface area contributed by atoms with Gasteiger partial charge in [0.25, 0.3) is 5.91 Å². The lowest BCUT2D eigenvalue weighted by Crippen LogP contribution is -2.55. The molecule has 1 heterocycles. The van der Waals surface area contributed by atoms with E-state index in [1.165, 1.54) is 19.1 Å². The standard InChI is InChI=1S/C23H32N8O7/c1-12-19(35)31-15(6-3-7-26-23(24)25)21(37)28-11-17(32)30-16(9-18(33)34)22(38)27-10-13-4-2-5-14(8-13)20(36)29-12/h2,4-5,8,12,15-16H,3,6-7,9-11H2,1H3,(H,27,38)(H,28,37)(H,29,36)(H,30,32)(H,31,35)(H,33,34)(H4,24,25,26)/t12-,15+,16+/m0/s1. The maximum atomic E-state index is 12.8. The number of carbonyl (C=O) groups is 6. The molecule has 0 unspecified atom stereocenters. The van der Waals surface area contributed by atoms with Crippen molar-refractivity contribution in [3.05, 3.63) is 35.4 Å². The third kappa shape index (κ3) is 9.75. The molecule has 1 aromatic rings. The number of carboxylic acid groups (broad SMARTS) is 1. The largest absolute Gasteiger partial charge is 0.481 e. The van der Waals surface area contributed by atoms with Gasteiger partial charge in [0.05, 0.1) is 13.0 Å². The maximum Gasteiger partial charge on any atom is 0.305 e. The van der Waals surface area contributed by atoms with Gasteiger partial charge in [0.1, 0.15) is 18.1 Å². The molecular formula is C23H32N8O7. The van der Waals surface area contributed by atoms with Crippen molar-refractivity contribution in [3.63, 3.8) is 0 Å². The summed E-state index contributed by atoms with van der Waals surface area (Å²) in [5.41, 5.74) is 11.3. The SMILES string of the molecule is C[C@@H]1NC(=O)c2cccc(c2)CNC(=O)[C@@H](CC(=O)O)NC(=O)CNC(=O)[C@@H](CCCN=C(N)N)NC1=O. The van der Waals surface area contributed by atoms with Crippen molar-refractivity contribution in [1.82, 2.24) is 26.6 Å². The van der Waals surface area contributed by atoms with Crippen LogP contribution in [0.2, 0.25) is 0 Å². The molecule has 2 rings (SSSR count). The van der Waals surface area contributed by atoms with E-state index in [9.17, 15) is 28.8 Å². The number of nitrogens with two attached hydrogens (primary N) is 2. The number of fused-ring (bicyclic) bond motifs is 2. The highest BCUT2D eigenvalue weighted by molar-refractivity contribution is 5.99. The summed E-state index contributed by atoms with van der Waals surface area (Å²) in [6.45, 7) is 0.980. The van der Waals surface area contributed by atoms with Crippen LogP contribution >= 0.6 is 0 Å². The van der Waals surface area contributed by atoms with Crippen LogP contribution in [0, 0.1) is 0 Å². The van der Waals surface area contributed by atoms with E-state index in [0.29, 0.717) is 12.0 Å². The van der Waals surface area contributed by atoms with E-state index in [2.05, 4.69) is 31.6 Å². The Bertz CT molecular complexity index is 1100. The molecule has 0 aromatic heterocycles. The van der Waals surface area contributed by atoms with Crippen molar-refractivity contribution in [3.8, 4) is 0 Å². The highest BCUT2D eigenvalue weighted by Gasteiger charge is 2.27. The summed E-state index contributed by atoms with van der Waals surface area (Å²) >= 11 is 0. The van der Waals surface area contributed by atoms with Crippen LogP contribution < -0.4 is 38.1 Å². The molecular weight excluding hydrogens is 500 g/mol. The number of aliphatic carboxylic acids is 1. The van der Waals surface area contributed by atoms with Gasteiger partial charge in [-0.1, -0.05) is 12.1 Å². The van der Waals surface area contributed by atoms with Gasteiger partial charge in [-0.3, -0.25) is 33.8 Å². The van der Waals surface area contributed by atoms with Crippen molar-refractivity contribution in [2.75, 3.05) is 13.1 Å². The Kier molecular flexibility index (Phi) is 11.0. The van der Waals surface area contributed by atoms with Gasteiger partial charge in [0.15, 0.2) is 5.96 Å². The van der Waals surface area contributed by atoms with Crippen LogP contribution in [0.1, 0.15) is 42.1 Å². The molecule has 2 bridgehead atoms. The molecule has 0 saturated carbocycles. The van der Waals surface area contributed by atoms with Gasteiger partial charge < -0.3 is 43.2 Å². The van der Waals surface area contributed by atoms with Crippen molar-refractivity contribution in [2.24, 2.45) is 16.5 Å². The van der Waals surface area contributed by atoms with E-state index in [1.54, 1.807) is 12.1 Å². The monoisotopic (exact) mass is 532 g/mol. The first-order chi connectivity index (χ1) is 18.0. The molecule has 0 radical (unpaired) electrons. The minimum absolute atomic E-state index is 0.0553. The molecule has 0 saturated heterocycles. The van der Waals surface area contributed by atoms with Crippen molar-refractivity contribution >= 4 is 41.5 Å². The normalized spacial score (nSPS) is 21.4. The Morgan fingerprint density at radius 2 is 1.66 bits per heavy atom. The van der Waals surface area contributed by atoms with Gasteiger partial charge >= 0.3 is 5.97 Å². The molecule has 38 heavy (non-hydrogen) atoms. The van der Waals surface area contributed by atoms with Crippen LogP contribution in [0.4, 0.5) is 0 Å². The van der Waals surface area contributed by atoms with Gasteiger partial charge in [-0.2, -0.15) is 0 Å². The van der Waals surface area contributed by atoms with Crippen LogP contribution in [0.3, 0.4) is 0 Å². The van der Waals surface area contributed by atoms with Gasteiger partial charge in [-0.25, -0.2) is 0 Å². The molecule has 0 aliphatic carbocycles. The zero-order valence-electron chi connectivity index (χ0n) is 20.8. The molecule has 1 aliphatic rings. The Labute approximate surface area is 218 Å². The molecule has 1 aromatic carbocycles. The zero-order valence-corrected chi connectivity index (χ0v) is 20.8. The van der Waals surface area contributed by atoms with E-state index in [-0.39, 0.29) is 31.0 Å². The van der Waals surface area contributed by atoms with Crippen molar-refractivity contribution < 1.29 is 33.9 Å². The van der Waals surface area contributed by atoms with Crippen LogP contribution in [0.15, 0.2) is 29.3 Å². The molecule has 3 atom stereocenters. The number of carboxylic acids is 1. The van der Waals surface area contributed by atoms with E-state index in [4.69, 9.17) is 16.6 Å². The average Bonchev–Trinajstić information content (AvgIpc) is 2.86. The van der Waals surface area contributed by atoms with Crippen LogP contribution in [-0.4, -0.2) is 77.8 Å². The molecule has 1 aliphatic heterocycles. The molecule has 5 amide bonds. The second-order valence-corrected chi connectivity index (χ2v) is 8.56. The molecule has 0 fully saturated rings. The second kappa shape index (κ2) is 14.2. The van der Waals surface area contributed by atoms with E-state index in [1.807, 2.05) is 0 Å². The van der Waals surface area contributed by atoms with Crippen LogP contribution in [-0.2, 0) is 30.5 Å². The highest BCUT2D eigenvalue weighted by atomic mass is 16.4. The first-order valence-electron chi connectivity index (χ1n) is 11.8. The molecule has 206 valence electrons. The topological polar surface area (TPSA) is 247 Å². The van der Waals surface area contributed by atoms with Crippen molar-refractivity contribution in [2.45, 2.75) is 50.9 Å².